The Balaban J connectivity index is 2.24. The predicted molar refractivity (Wildman–Crippen MR) is 93.1 cm³/mol. The highest BCUT2D eigenvalue weighted by atomic mass is 32.2. The Morgan fingerprint density at radius 1 is 1.35 bits per heavy atom. The van der Waals surface area contributed by atoms with Crippen molar-refractivity contribution in [1.82, 2.24) is 0 Å². The number of benzene rings is 2. The minimum Gasteiger partial charge on any atom is -0.321 e. The second-order valence-electron chi connectivity index (χ2n) is 4.81. The molecule has 5 nitrogen and oxygen atoms in total. The molecule has 0 bridgehead atoms. The van der Waals surface area contributed by atoms with Crippen molar-refractivity contribution in [3.8, 4) is 0 Å². The summed E-state index contributed by atoms with van der Waals surface area (Å²) in [6, 6.07) is 11.9. The molecule has 0 unspecified atom stereocenters. The molecule has 0 heterocycles. The molecule has 0 atom stereocenters. The fraction of sp³-hybridized carbons (Fsp3) is 0.118. The number of carbonyl (C=O) groups excluding carboxylic acids is 1. The zero-order chi connectivity index (χ0) is 16.8. The van der Waals surface area contributed by atoms with E-state index in [-0.39, 0.29) is 17.2 Å². The number of amides is 1. The number of hydrogen-bond donors (Lipinski definition) is 1. The molecule has 0 fully saturated rings. The number of nitro benzene ring substituents is 1. The first-order valence-corrected chi connectivity index (χ1v) is 7.90. The van der Waals surface area contributed by atoms with Gasteiger partial charge in [-0.05, 0) is 25.1 Å². The van der Waals surface area contributed by atoms with Gasteiger partial charge in [0.1, 0.15) is 0 Å². The highest BCUT2D eigenvalue weighted by molar-refractivity contribution is 7.99. The van der Waals surface area contributed by atoms with Crippen LogP contribution in [0.3, 0.4) is 0 Å². The van der Waals surface area contributed by atoms with E-state index >= 15 is 0 Å². The first kappa shape index (κ1) is 16.8. The van der Waals surface area contributed by atoms with E-state index in [0.717, 1.165) is 10.6 Å². The lowest BCUT2D eigenvalue weighted by Gasteiger charge is -2.10. The van der Waals surface area contributed by atoms with Crippen molar-refractivity contribution in [2.24, 2.45) is 0 Å². The van der Waals surface area contributed by atoms with E-state index in [9.17, 15) is 14.9 Å². The van der Waals surface area contributed by atoms with E-state index in [1.165, 1.54) is 6.07 Å². The standard InChI is InChI=1S/C17H16N2O3S/c1-3-10-23-16-7-5-4-6-14(16)18-17(20)13-9-8-12(2)15(11-13)19(21)22/h3-9,11H,1,10H2,2H3,(H,18,20). The second-order valence-corrected chi connectivity index (χ2v) is 5.87. The van der Waals surface area contributed by atoms with Gasteiger partial charge in [-0.3, -0.25) is 14.9 Å². The molecule has 118 valence electrons. The van der Waals surface area contributed by atoms with Crippen LogP contribution in [0.4, 0.5) is 11.4 Å². The van der Waals surface area contributed by atoms with Crippen molar-refractivity contribution in [2.45, 2.75) is 11.8 Å². The molecule has 0 radical (unpaired) electrons. The van der Waals surface area contributed by atoms with Crippen LogP contribution >= 0.6 is 11.8 Å². The Labute approximate surface area is 138 Å². The minimum absolute atomic E-state index is 0.0630. The van der Waals surface area contributed by atoms with E-state index in [0.29, 0.717) is 11.3 Å². The van der Waals surface area contributed by atoms with Crippen LogP contribution in [0.2, 0.25) is 0 Å². The quantitative estimate of drug-likeness (QED) is 0.368. The number of para-hydroxylation sites is 1. The largest absolute Gasteiger partial charge is 0.321 e. The third-order valence-corrected chi connectivity index (χ3v) is 4.23. The van der Waals surface area contributed by atoms with Gasteiger partial charge in [-0.25, -0.2) is 0 Å². The smallest absolute Gasteiger partial charge is 0.273 e. The number of hydrogen-bond acceptors (Lipinski definition) is 4. The molecule has 2 aromatic carbocycles. The van der Waals surface area contributed by atoms with Gasteiger partial charge in [0, 0.05) is 27.8 Å². The average molecular weight is 328 g/mol. The summed E-state index contributed by atoms with van der Waals surface area (Å²) >= 11 is 1.55. The van der Waals surface area contributed by atoms with Crippen LogP contribution < -0.4 is 5.32 Å². The Bertz CT molecular complexity index is 759. The number of nitrogens with zero attached hydrogens (tertiary/aromatic N) is 1. The maximum atomic E-state index is 12.4. The van der Waals surface area contributed by atoms with Gasteiger partial charge in [0.25, 0.3) is 11.6 Å². The van der Waals surface area contributed by atoms with Crippen molar-refractivity contribution in [3.05, 3.63) is 76.4 Å². The van der Waals surface area contributed by atoms with Crippen LogP contribution in [-0.4, -0.2) is 16.6 Å². The van der Waals surface area contributed by atoms with Crippen LogP contribution in [-0.2, 0) is 0 Å². The summed E-state index contributed by atoms with van der Waals surface area (Å²) in [5.41, 5.74) is 1.39. The fourth-order valence-corrected chi connectivity index (χ4v) is 2.73. The molecular formula is C17H16N2O3S. The zero-order valence-corrected chi connectivity index (χ0v) is 13.4. The average Bonchev–Trinajstić information content (AvgIpc) is 2.54. The van der Waals surface area contributed by atoms with E-state index in [1.807, 2.05) is 18.2 Å². The summed E-state index contributed by atoms with van der Waals surface area (Å²) in [5.74, 6) is 0.350. The predicted octanol–water partition coefficient (Wildman–Crippen LogP) is 4.43. The fourth-order valence-electron chi connectivity index (χ4n) is 1.99. The molecule has 0 spiro atoms. The molecule has 0 aromatic heterocycles. The molecule has 1 amide bonds. The van der Waals surface area contributed by atoms with Gasteiger partial charge in [-0.15, -0.1) is 18.3 Å². The third-order valence-electron chi connectivity index (χ3n) is 3.16. The Hall–Kier alpha value is -2.60. The number of rotatable bonds is 6. The van der Waals surface area contributed by atoms with Crippen molar-refractivity contribution in [1.29, 1.82) is 0 Å². The van der Waals surface area contributed by atoms with Crippen LogP contribution in [0.15, 0.2) is 60.0 Å². The van der Waals surface area contributed by atoms with E-state index < -0.39 is 4.92 Å². The van der Waals surface area contributed by atoms with Gasteiger partial charge in [0.05, 0.1) is 10.6 Å². The number of thioether (sulfide) groups is 1. The lowest BCUT2D eigenvalue weighted by atomic mass is 10.1. The Morgan fingerprint density at radius 2 is 2.09 bits per heavy atom. The molecular weight excluding hydrogens is 312 g/mol. The SMILES string of the molecule is C=CCSc1ccccc1NC(=O)c1ccc(C)c([N+](=O)[O-])c1. The summed E-state index contributed by atoms with van der Waals surface area (Å²) in [6.07, 6.45) is 1.78. The minimum atomic E-state index is -0.486. The maximum Gasteiger partial charge on any atom is 0.273 e. The number of anilines is 1. The first-order chi connectivity index (χ1) is 11.0. The molecule has 2 rings (SSSR count). The summed E-state index contributed by atoms with van der Waals surface area (Å²) in [7, 11) is 0. The van der Waals surface area contributed by atoms with Gasteiger partial charge >= 0.3 is 0 Å². The monoisotopic (exact) mass is 328 g/mol. The summed E-state index contributed by atoms with van der Waals surface area (Å²) in [5, 5.41) is 13.8. The first-order valence-electron chi connectivity index (χ1n) is 6.92. The molecule has 1 N–H and O–H groups in total. The van der Waals surface area contributed by atoms with E-state index in [1.54, 1.807) is 43.0 Å². The lowest BCUT2D eigenvalue weighted by Crippen LogP contribution is -2.13. The highest BCUT2D eigenvalue weighted by Crippen LogP contribution is 2.28. The van der Waals surface area contributed by atoms with Gasteiger partial charge in [0.15, 0.2) is 0 Å². The highest BCUT2D eigenvalue weighted by Gasteiger charge is 2.15. The number of nitro groups is 1. The van der Waals surface area contributed by atoms with Gasteiger partial charge in [-0.1, -0.05) is 24.3 Å². The van der Waals surface area contributed by atoms with Crippen molar-refractivity contribution in [2.75, 3.05) is 11.1 Å². The summed E-state index contributed by atoms with van der Waals surface area (Å²) < 4.78 is 0. The molecule has 0 aliphatic carbocycles. The molecule has 6 heteroatoms. The van der Waals surface area contributed by atoms with Crippen LogP contribution in [0, 0.1) is 17.0 Å². The number of carbonyl (C=O) groups is 1. The Kier molecular flexibility index (Phi) is 5.54. The van der Waals surface area contributed by atoms with Crippen LogP contribution in [0.25, 0.3) is 0 Å². The molecule has 0 aliphatic heterocycles. The molecule has 2 aromatic rings. The number of aryl methyl sites for hydroxylation is 1. The molecule has 0 aliphatic rings. The summed E-state index contributed by atoms with van der Waals surface area (Å²) in [4.78, 5) is 23.8. The zero-order valence-electron chi connectivity index (χ0n) is 12.6. The summed E-state index contributed by atoms with van der Waals surface area (Å²) in [6.45, 7) is 5.32. The normalized spacial score (nSPS) is 10.1. The van der Waals surface area contributed by atoms with E-state index in [2.05, 4.69) is 11.9 Å². The van der Waals surface area contributed by atoms with Crippen molar-refractivity contribution >= 4 is 29.0 Å². The second kappa shape index (κ2) is 7.60. The van der Waals surface area contributed by atoms with Crippen molar-refractivity contribution in [3.63, 3.8) is 0 Å². The Morgan fingerprint density at radius 3 is 2.78 bits per heavy atom. The lowest BCUT2D eigenvalue weighted by molar-refractivity contribution is -0.385. The molecule has 0 saturated heterocycles. The molecule has 23 heavy (non-hydrogen) atoms. The molecule has 0 saturated carbocycles. The third kappa shape index (κ3) is 4.20. The van der Waals surface area contributed by atoms with Gasteiger partial charge in [0.2, 0.25) is 0 Å². The van der Waals surface area contributed by atoms with Gasteiger partial charge in [-0.2, -0.15) is 0 Å². The van der Waals surface area contributed by atoms with E-state index in [4.69, 9.17) is 0 Å². The van der Waals surface area contributed by atoms with Crippen LogP contribution in [0.1, 0.15) is 15.9 Å². The van der Waals surface area contributed by atoms with Crippen molar-refractivity contribution < 1.29 is 9.72 Å². The maximum absolute atomic E-state index is 12.4. The van der Waals surface area contributed by atoms with Gasteiger partial charge < -0.3 is 5.32 Å². The number of nitrogens with one attached hydrogen (secondary N) is 1. The topological polar surface area (TPSA) is 72.2 Å². The van der Waals surface area contributed by atoms with Crippen LogP contribution in [0.5, 0.6) is 0 Å².